The number of nitrogens with zero attached hydrogens (tertiary/aromatic N) is 3. The van der Waals surface area contributed by atoms with E-state index in [1.54, 1.807) is 0 Å². The van der Waals surface area contributed by atoms with Crippen molar-refractivity contribution in [3.05, 3.63) is 95.4 Å². The number of carbonyl (C=O) groups is 2. The summed E-state index contributed by atoms with van der Waals surface area (Å²) in [7, 11) is 0. The molecule has 1 aliphatic heterocycles. The summed E-state index contributed by atoms with van der Waals surface area (Å²) < 4.78 is 13.3. The van der Waals surface area contributed by atoms with Gasteiger partial charge in [0.15, 0.2) is 0 Å². The molecule has 0 spiro atoms. The summed E-state index contributed by atoms with van der Waals surface area (Å²) in [6.45, 7) is 1.29. The van der Waals surface area contributed by atoms with E-state index in [-0.39, 0.29) is 18.1 Å². The fourth-order valence-corrected chi connectivity index (χ4v) is 5.13. The molecule has 1 fully saturated rings. The van der Waals surface area contributed by atoms with Crippen molar-refractivity contribution >= 4 is 22.9 Å². The van der Waals surface area contributed by atoms with Gasteiger partial charge >= 0.3 is 5.97 Å². The third-order valence-corrected chi connectivity index (χ3v) is 7.21. The van der Waals surface area contributed by atoms with Gasteiger partial charge in [0.25, 0.3) is 5.91 Å². The van der Waals surface area contributed by atoms with Gasteiger partial charge in [-0.1, -0.05) is 42.5 Å². The molecule has 194 valence electrons. The lowest BCUT2D eigenvalue weighted by atomic mass is 9.89. The van der Waals surface area contributed by atoms with E-state index in [1.807, 2.05) is 65.6 Å². The normalized spacial score (nSPS) is 14.1. The number of piperidine rings is 1. The molecule has 1 aromatic heterocycles. The van der Waals surface area contributed by atoms with Gasteiger partial charge in [0.2, 0.25) is 0 Å². The molecular weight excluding hydrogens is 481 g/mol. The van der Waals surface area contributed by atoms with E-state index in [1.165, 1.54) is 12.1 Å². The van der Waals surface area contributed by atoms with E-state index in [2.05, 4.69) is 0 Å². The monoisotopic (exact) mass is 511 g/mol. The molecular formula is C31H30FN3O3. The minimum Gasteiger partial charge on any atom is -0.481 e. The van der Waals surface area contributed by atoms with E-state index >= 15 is 0 Å². The van der Waals surface area contributed by atoms with Crippen molar-refractivity contribution in [3.8, 4) is 11.3 Å². The maximum atomic E-state index is 13.4. The molecule has 1 saturated heterocycles. The Morgan fingerprint density at radius 2 is 1.63 bits per heavy atom. The molecule has 0 saturated carbocycles. The summed E-state index contributed by atoms with van der Waals surface area (Å²) in [6, 6.07) is 22.0. The molecule has 2 heterocycles. The van der Waals surface area contributed by atoms with Crippen LogP contribution in [0.2, 0.25) is 0 Å². The van der Waals surface area contributed by atoms with Crippen LogP contribution in [0.1, 0.15) is 59.6 Å². The van der Waals surface area contributed by atoms with Crippen molar-refractivity contribution in [2.45, 2.75) is 44.4 Å². The number of hydrogen-bond donors (Lipinski definition) is 1. The van der Waals surface area contributed by atoms with Crippen LogP contribution in [-0.4, -0.2) is 44.9 Å². The molecule has 0 bridgehead atoms. The lowest BCUT2D eigenvalue weighted by molar-refractivity contribution is -0.137. The Balaban J connectivity index is 1.35. The number of carboxylic acids is 1. The summed E-state index contributed by atoms with van der Waals surface area (Å²) in [4.78, 5) is 36.0. The molecule has 1 aliphatic rings. The van der Waals surface area contributed by atoms with Gasteiger partial charge in [0.1, 0.15) is 5.82 Å². The summed E-state index contributed by atoms with van der Waals surface area (Å²) >= 11 is 0. The molecule has 0 radical (unpaired) electrons. The van der Waals surface area contributed by atoms with Crippen LogP contribution in [0.15, 0.2) is 72.8 Å². The molecule has 0 aliphatic carbocycles. The van der Waals surface area contributed by atoms with Crippen LogP contribution in [0.5, 0.6) is 0 Å². The summed E-state index contributed by atoms with van der Waals surface area (Å²) in [5.74, 6) is -0.744. The number of aromatic nitrogens is 2. The van der Waals surface area contributed by atoms with Gasteiger partial charge in [-0.15, -0.1) is 0 Å². The van der Waals surface area contributed by atoms with Gasteiger partial charge in [0.05, 0.1) is 22.4 Å². The molecule has 1 N–H and O–H groups in total. The topological polar surface area (TPSA) is 83.4 Å². The average Bonchev–Trinajstić information content (AvgIpc) is 2.95. The van der Waals surface area contributed by atoms with E-state index in [0.717, 1.165) is 35.4 Å². The maximum absolute atomic E-state index is 13.4. The Hall–Kier alpha value is -4.13. The fourth-order valence-electron chi connectivity index (χ4n) is 5.13. The molecule has 3 aromatic carbocycles. The zero-order valence-electron chi connectivity index (χ0n) is 21.1. The highest BCUT2D eigenvalue weighted by Gasteiger charge is 2.25. The molecule has 6 nitrogen and oxygen atoms in total. The minimum atomic E-state index is -0.803. The number of benzene rings is 3. The van der Waals surface area contributed by atoms with E-state index < -0.39 is 5.97 Å². The zero-order chi connectivity index (χ0) is 26.5. The van der Waals surface area contributed by atoms with Crippen molar-refractivity contribution in [1.82, 2.24) is 14.9 Å². The Morgan fingerprint density at radius 3 is 2.34 bits per heavy atom. The molecule has 1 amide bonds. The van der Waals surface area contributed by atoms with Crippen molar-refractivity contribution in [1.29, 1.82) is 0 Å². The van der Waals surface area contributed by atoms with Crippen molar-refractivity contribution in [2.24, 2.45) is 0 Å². The Kier molecular flexibility index (Phi) is 7.73. The minimum absolute atomic E-state index is 0.0265. The number of carboxylic acid groups (broad SMARTS) is 1. The number of likely N-dealkylation sites (tertiary alicyclic amines) is 1. The van der Waals surface area contributed by atoms with Crippen LogP contribution in [0, 0.1) is 5.82 Å². The molecule has 5 rings (SSSR count). The Morgan fingerprint density at radius 1 is 0.895 bits per heavy atom. The number of carbonyl (C=O) groups excluding carboxylic acids is 1. The lowest BCUT2D eigenvalue weighted by Gasteiger charge is -2.32. The number of unbranched alkanes of at least 4 members (excludes halogenated alkanes) is 1. The van der Waals surface area contributed by atoms with E-state index in [0.29, 0.717) is 54.9 Å². The van der Waals surface area contributed by atoms with Crippen LogP contribution in [-0.2, 0) is 11.2 Å². The van der Waals surface area contributed by atoms with Crippen LogP contribution >= 0.6 is 0 Å². The number of amides is 1. The molecule has 4 aromatic rings. The first kappa shape index (κ1) is 25.5. The van der Waals surface area contributed by atoms with Gasteiger partial charge in [-0.05, 0) is 73.9 Å². The second-order valence-corrected chi connectivity index (χ2v) is 9.81. The molecule has 38 heavy (non-hydrogen) atoms. The van der Waals surface area contributed by atoms with E-state index in [4.69, 9.17) is 15.1 Å². The fraction of sp³-hybridized carbons (Fsp3) is 0.290. The quantitative estimate of drug-likeness (QED) is 0.283. The Bertz CT molecular complexity index is 1430. The molecule has 7 heteroatoms. The summed E-state index contributed by atoms with van der Waals surface area (Å²) in [5.41, 5.74) is 5.61. The average molecular weight is 512 g/mol. The van der Waals surface area contributed by atoms with Crippen LogP contribution in [0.4, 0.5) is 4.39 Å². The second kappa shape index (κ2) is 11.5. The third-order valence-electron chi connectivity index (χ3n) is 7.21. The smallest absolute Gasteiger partial charge is 0.303 e. The number of halogens is 1. The first-order valence-corrected chi connectivity index (χ1v) is 13.1. The van der Waals surface area contributed by atoms with Gasteiger partial charge in [-0.2, -0.15) is 0 Å². The first-order valence-electron chi connectivity index (χ1n) is 13.1. The number of aryl methyl sites for hydroxylation is 1. The molecule has 0 atom stereocenters. The largest absolute Gasteiger partial charge is 0.481 e. The van der Waals surface area contributed by atoms with Gasteiger partial charge in [0, 0.05) is 30.6 Å². The maximum Gasteiger partial charge on any atom is 0.303 e. The molecule has 0 unspecified atom stereocenters. The van der Waals surface area contributed by atoms with Gasteiger partial charge in [-0.25, -0.2) is 14.4 Å². The van der Waals surface area contributed by atoms with Crippen LogP contribution < -0.4 is 0 Å². The summed E-state index contributed by atoms with van der Waals surface area (Å²) in [5, 5.41) is 8.98. The highest BCUT2D eigenvalue weighted by atomic mass is 19.1. The third kappa shape index (κ3) is 5.88. The summed E-state index contributed by atoms with van der Waals surface area (Å²) in [6.07, 6.45) is 3.66. The first-order chi connectivity index (χ1) is 18.5. The van der Waals surface area contributed by atoms with Crippen LogP contribution in [0.3, 0.4) is 0 Å². The van der Waals surface area contributed by atoms with E-state index in [9.17, 15) is 14.0 Å². The van der Waals surface area contributed by atoms with Gasteiger partial charge in [-0.3, -0.25) is 9.59 Å². The second-order valence-electron chi connectivity index (χ2n) is 9.81. The predicted molar refractivity (Wildman–Crippen MR) is 144 cm³/mol. The number of rotatable bonds is 8. The Labute approximate surface area is 221 Å². The van der Waals surface area contributed by atoms with Crippen molar-refractivity contribution in [2.75, 3.05) is 13.1 Å². The number of hydrogen-bond acceptors (Lipinski definition) is 4. The van der Waals surface area contributed by atoms with Crippen LogP contribution in [0.25, 0.3) is 22.3 Å². The number of aliphatic carboxylic acids is 1. The zero-order valence-corrected chi connectivity index (χ0v) is 21.1. The van der Waals surface area contributed by atoms with Crippen molar-refractivity contribution < 1.29 is 19.1 Å². The van der Waals surface area contributed by atoms with Gasteiger partial charge < -0.3 is 10.0 Å². The lowest BCUT2D eigenvalue weighted by Crippen LogP contribution is -2.37. The predicted octanol–water partition coefficient (Wildman–Crippen LogP) is 6.25. The van der Waals surface area contributed by atoms with Crippen molar-refractivity contribution in [3.63, 3.8) is 0 Å². The SMILES string of the molecule is O=C(O)CCCCc1nc2cc(C(=O)N3CCC(c4ccc(F)cc4)CC3)ccc2nc1-c1ccccc1. The highest BCUT2D eigenvalue weighted by molar-refractivity contribution is 5.97. The standard InChI is InChI=1S/C31H30FN3O3/c32-25-13-10-21(11-14-25)22-16-18-35(19-17-22)31(38)24-12-15-26-28(20-24)33-27(8-4-5-9-29(36)37)30(34-26)23-6-2-1-3-7-23/h1-3,6-7,10-15,20,22H,4-5,8-9,16-19H2,(H,36,37). The highest BCUT2D eigenvalue weighted by Crippen LogP contribution is 2.30. The number of fused-ring (bicyclic) bond motifs is 1.